The first kappa shape index (κ1) is 22.5. The smallest absolute Gasteiger partial charge is 0.228 e. The standard InChI is InChI=1S/C25H26ClN3O5/c1-32-18-4-6-22(33-2)20(13-18)29-14-16(11-23(29)30)25(31)28-9-7-15(8-10-28)24-27-19-12-17(26)3-5-21(19)34-24/h3-6,12-13,15-16H,7-11,14H2,1-2H3. The lowest BCUT2D eigenvalue weighted by molar-refractivity contribution is -0.136. The number of ether oxygens (including phenoxy) is 2. The third-order valence-corrected chi connectivity index (χ3v) is 6.91. The minimum atomic E-state index is -0.383. The Labute approximate surface area is 202 Å². The molecule has 9 heteroatoms. The van der Waals surface area contributed by atoms with E-state index in [4.69, 9.17) is 25.5 Å². The monoisotopic (exact) mass is 483 g/mol. The third-order valence-electron chi connectivity index (χ3n) is 6.67. The summed E-state index contributed by atoms with van der Waals surface area (Å²) in [7, 11) is 3.13. The maximum absolute atomic E-state index is 13.3. The van der Waals surface area contributed by atoms with E-state index in [1.807, 2.05) is 11.0 Å². The Morgan fingerprint density at radius 2 is 1.91 bits per heavy atom. The van der Waals surface area contributed by atoms with E-state index in [1.165, 1.54) is 0 Å². The van der Waals surface area contributed by atoms with Gasteiger partial charge in [0.15, 0.2) is 11.5 Å². The Hall–Kier alpha value is -3.26. The number of hydrogen-bond acceptors (Lipinski definition) is 6. The van der Waals surface area contributed by atoms with Gasteiger partial charge in [-0.15, -0.1) is 0 Å². The number of halogens is 1. The first-order valence-electron chi connectivity index (χ1n) is 11.3. The molecule has 178 valence electrons. The van der Waals surface area contributed by atoms with E-state index < -0.39 is 0 Å². The number of amides is 2. The second-order valence-corrected chi connectivity index (χ2v) is 9.14. The lowest BCUT2D eigenvalue weighted by Gasteiger charge is -2.32. The molecule has 2 aromatic carbocycles. The van der Waals surface area contributed by atoms with Crippen LogP contribution < -0.4 is 14.4 Å². The Morgan fingerprint density at radius 3 is 2.65 bits per heavy atom. The maximum Gasteiger partial charge on any atom is 0.228 e. The van der Waals surface area contributed by atoms with Gasteiger partial charge in [0.05, 0.1) is 25.8 Å². The quantitative estimate of drug-likeness (QED) is 0.539. The number of likely N-dealkylation sites (tertiary alicyclic amines) is 1. The lowest BCUT2D eigenvalue weighted by atomic mass is 9.95. The summed E-state index contributed by atoms with van der Waals surface area (Å²) in [6, 6.07) is 10.7. The predicted molar refractivity (Wildman–Crippen MR) is 128 cm³/mol. The van der Waals surface area contributed by atoms with Gasteiger partial charge in [-0.1, -0.05) is 11.6 Å². The summed E-state index contributed by atoms with van der Waals surface area (Å²) in [5.74, 6) is 1.58. The van der Waals surface area contributed by atoms with E-state index >= 15 is 0 Å². The first-order valence-corrected chi connectivity index (χ1v) is 11.7. The van der Waals surface area contributed by atoms with E-state index in [9.17, 15) is 9.59 Å². The first-order chi connectivity index (χ1) is 16.5. The van der Waals surface area contributed by atoms with Crippen LogP contribution >= 0.6 is 11.6 Å². The fourth-order valence-electron chi connectivity index (χ4n) is 4.81. The van der Waals surface area contributed by atoms with E-state index in [1.54, 1.807) is 49.5 Å². The second kappa shape index (κ2) is 9.18. The van der Waals surface area contributed by atoms with Gasteiger partial charge in [-0.2, -0.15) is 0 Å². The Bertz CT molecular complexity index is 1230. The van der Waals surface area contributed by atoms with Gasteiger partial charge in [0.1, 0.15) is 17.0 Å². The fourth-order valence-corrected chi connectivity index (χ4v) is 4.98. The van der Waals surface area contributed by atoms with Crippen molar-refractivity contribution < 1.29 is 23.5 Å². The SMILES string of the molecule is COc1ccc(OC)c(N2CC(C(=O)N3CCC(c4nc5cc(Cl)ccc5o4)CC3)CC2=O)c1. The molecular formula is C25H26ClN3O5. The zero-order valence-corrected chi connectivity index (χ0v) is 19.9. The van der Waals surface area contributed by atoms with Crippen molar-refractivity contribution in [2.24, 2.45) is 5.92 Å². The molecule has 2 aliphatic rings. The summed E-state index contributed by atoms with van der Waals surface area (Å²) in [5.41, 5.74) is 2.09. The van der Waals surface area contributed by atoms with Crippen molar-refractivity contribution in [3.8, 4) is 11.5 Å². The topological polar surface area (TPSA) is 85.1 Å². The minimum Gasteiger partial charge on any atom is -0.497 e. The number of methoxy groups -OCH3 is 2. The molecule has 1 aromatic heterocycles. The van der Waals surface area contributed by atoms with Crippen LogP contribution in [0.5, 0.6) is 11.5 Å². The average molecular weight is 484 g/mol. The third kappa shape index (κ3) is 4.18. The van der Waals surface area contributed by atoms with Crippen LogP contribution in [0.4, 0.5) is 5.69 Å². The highest BCUT2D eigenvalue weighted by Gasteiger charge is 2.39. The van der Waals surface area contributed by atoms with E-state index in [0.717, 1.165) is 23.9 Å². The van der Waals surface area contributed by atoms with Crippen molar-refractivity contribution in [3.05, 3.63) is 47.3 Å². The van der Waals surface area contributed by atoms with Gasteiger partial charge >= 0.3 is 0 Å². The van der Waals surface area contributed by atoms with E-state index in [0.29, 0.717) is 47.7 Å². The number of nitrogens with zero attached hydrogens (tertiary/aromatic N) is 3. The molecule has 2 saturated heterocycles. The van der Waals surface area contributed by atoms with Crippen molar-refractivity contribution in [2.45, 2.75) is 25.2 Å². The Morgan fingerprint density at radius 1 is 1.12 bits per heavy atom. The van der Waals surface area contributed by atoms with Crippen molar-refractivity contribution in [1.29, 1.82) is 0 Å². The van der Waals surface area contributed by atoms with Gasteiger partial charge in [-0.05, 0) is 43.2 Å². The molecule has 2 fully saturated rings. The summed E-state index contributed by atoms with van der Waals surface area (Å²) in [5, 5.41) is 0.625. The molecule has 2 aliphatic heterocycles. The van der Waals surface area contributed by atoms with Crippen molar-refractivity contribution in [2.75, 3.05) is 38.8 Å². The minimum absolute atomic E-state index is 0.0144. The molecule has 2 amide bonds. The van der Waals surface area contributed by atoms with Crippen LogP contribution in [-0.2, 0) is 9.59 Å². The lowest BCUT2D eigenvalue weighted by Crippen LogP contribution is -2.42. The number of anilines is 1. The molecule has 0 aliphatic carbocycles. The molecule has 3 heterocycles. The molecule has 0 N–H and O–H groups in total. The number of benzene rings is 2. The average Bonchev–Trinajstić information content (AvgIpc) is 3.46. The number of rotatable bonds is 5. The Kier molecular flexibility index (Phi) is 6.08. The zero-order valence-electron chi connectivity index (χ0n) is 19.1. The van der Waals surface area contributed by atoms with Crippen LogP contribution in [0.15, 0.2) is 40.8 Å². The number of carbonyl (C=O) groups is 2. The van der Waals surface area contributed by atoms with Crippen LogP contribution in [0, 0.1) is 5.92 Å². The van der Waals surface area contributed by atoms with Crippen LogP contribution in [0.1, 0.15) is 31.1 Å². The van der Waals surface area contributed by atoms with E-state index in [2.05, 4.69) is 4.98 Å². The van der Waals surface area contributed by atoms with Crippen LogP contribution in [0.3, 0.4) is 0 Å². The van der Waals surface area contributed by atoms with Gasteiger partial charge in [0.2, 0.25) is 11.8 Å². The summed E-state index contributed by atoms with van der Waals surface area (Å²) < 4.78 is 16.7. The van der Waals surface area contributed by atoms with Gasteiger partial charge in [0.25, 0.3) is 0 Å². The second-order valence-electron chi connectivity index (χ2n) is 8.71. The summed E-state index contributed by atoms with van der Waals surface area (Å²) in [6.45, 7) is 1.54. The molecule has 3 aromatic rings. The Balaban J connectivity index is 1.24. The van der Waals surface area contributed by atoms with Gasteiger partial charge in [-0.25, -0.2) is 4.98 Å². The van der Waals surface area contributed by atoms with Gasteiger partial charge < -0.3 is 23.7 Å². The van der Waals surface area contributed by atoms with Crippen LogP contribution in [-0.4, -0.2) is 55.6 Å². The molecule has 0 saturated carbocycles. The summed E-state index contributed by atoms with van der Waals surface area (Å²) in [4.78, 5) is 34.2. The number of hydrogen-bond donors (Lipinski definition) is 0. The van der Waals surface area contributed by atoms with Crippen molar-refractivity contribution >= 4 is 40.2 Å². The molecule has 8 nitrogen and oxygen atoms in total. The normalized spacial score (nSPS) is 19.1. The number of aromatic nitrogens is 1. The van der Waals surface area contributed by atoms with Crippen molar-refractivity contribution in [1.82, 2.24) is 9.88 Å². The molecule has 5 rings (SSSR count). The molecule has 1 unspecified atom stereocenters. The highest BCUT2D eigenvalue weighted by Crippen LogP contribution is 2.37. The maximum atomic E-state index is 13.3. The molecule has 34 heavy (non-hydrogen) atoms. The number of fused-ring (bicyclic) bond motifs is 1. The number of oxazole rings is 1. The molecular weight excluding hydrogens is 458 g/mol. The van der Waals surface area contributed by atoms with Crippen molar-refractivity contribution in [3.63, 3.8) is 0 Å². The summed E-state index contributed by atoms with van der Waals surface area (Å²) in [6.07, 6.45) is 1.71. The van der Waals surface area contributed by atoms with Gasteiger partial charge in [0, 0.05) is 43.1 Å². The number of carbonyl (C=O) groups excluding carboxylic acids is 2. The highest BCUT2D eigenvalue weighted by atomic mass is 35.5. The van der Waals surface area contributed by atoms with Crippen LogP contribution in [0.2, 0.25) is 5.02 Å². The zero-order chi connectivity index (χ0) is 23.8. The molecule has 0 bridgehead atoms. The predicted octanol–water partition coefficient (Wildman–Crippen LogP) is 4.26. The molecule has 0 radical (unpaired) electrons. The molecule has 1 atom stereocenters. The highest BCUT2D eigenvalue weighted by molar-refractivity contribution is 6.31. The molecule has 0 spiro atoms. The van der Waals surface area contributed by atoms with Gasteiger partial charge in [-0.3, -0.25) is 9.59 Å². The number of piperidine rings is 1. The summed E-state index contributed by atoms with van der Waals surface area (Å²) >= 11 is 6.06. The largest absolute Gasteiger partial charge is 0.497 e. The van der Waals surface area contributed by atoms with E-state index in [-0.39, 0.29) is 30.1 Å². The van der Waals surface area contributed by atoms with Crippen LogP contribution in [0.25, 0.3) is 11.1 Å². The fraction of sp³-hybridized carbons (Fsp3) is 0.400.